The van der Waals surface area contributed by atoms with Gasteiger partial charge in [-0.15, -0.1) is 0 Å². The molecule has 5 heteroatoms. The second-order valence-electron chi connectivity index (χ2n) is 7.38. The first kappa shape index (κ1) is 20.3. The molecule has 1 aromatic carbocycles. The number of ketones is 1. The highest BCUT2D eigenvalue weighted by atomic mass is 32.2. The maximum Gasteiger partial charge on any atom is 0.187 e. The molecule has 1 aliphatic carbocycles. The van der Waals surface area contributed by atoms with Crippen LogP contribution in [0.1, 0.15) is 34.1 Å². The van der Waals surface area contributed by atoms with E-state index in [0.717, 1.165) is 11.1 Å². The number of carbonyl (C=O) groups is 1. The molecule has 2 rings (SSSR count). The summed E-state index contributed by atoms with van der Waals surface area (Å²) in [4.78, 5) is 12.4. The molecular formula is C21H26O4S. The zero-order valence-corrected chi connectivity index (χ0v) is 16.5. The molecule has 0 heterocycles. The first-order valence-corrected chi connectivity index (χ1v) is 10.3. The number of sulfone groups is 1. The molecule has 0 saturated heterocycles. The Morgan fingerprint density at radius 2 is 1.88 bits per heavy atom. The average molecular weight is 375 g/mol. The maximum absolute atomic E-state index is 12.3. The molecule has 0 fully saturated rings. The van der Waals surface area contributed by atoms with Crippen LogP contribution in [0.3, 0.4) is 0 Å². The normalized spacial score (nSPS) is 21.5. The van der Waals surface area contributed by atoms with Gasteiger partial charge in [-0.2, -0.15) is 0 Å². The summed E-state index contributed by atoms with van der Waals surface area (Å²) in [6.45, 7) is 7.54. The minimum absolute atomic E-state index is 0.0771. The maximum atomic E-state index is 12.3. The molecule has 0 radical (unpaired) electrons. The van der Waals surface area contributed by atoms with Crippen molar-refractivity contribution >= 4 is 15.6 Å². The van der Waals surface area contributed by atoms with Gasteiger partial charge in [-0.1, -0.05) is 55.8 Å². The number of aliphatic hydroxyl groups excluding tert-OH is 1. The van der Waals surface area contributed by atoms with Crippen LogP contribution in [0, 0.1) is 5.41 Å². The number of rotatable bonds is 5. The molecule has 0 saturated carbocycles. The van der Waals surface area contributed by atoms with Gasteiger partial charge in [0.15, 0.2) is 15.6 Å². The van der Waals surface area contributed by atoms with Crippen LogP contribution in [0.2, 0.25) is 0 Å². The van der Waals surface area contributed by atoms with E-state index in [1.54, 1.807) is 43.3 Å². The van der Waals surface area contributed by atoms with Crippen LogP contribution < -0.4 is 0 Å². The third kappa shape index (κ3) is 4.59. The van der Waals surface area contributed by atoms with Crippen LogP contribution >= 0.6 is 0 Å². The number of benzene rings is 1. The van der Waals surface area contributed by atoms with Crippen LogP contribution in [0.25, 0.3) is 0 Å². The van der Waals surface area contributed by atoms with Crippen molar-refractivity contribution in [3.63, 3.8) is 0 Å². The molecule has 0 aromatic heterocycles. The Labute approximate surface area is 155 Å². The lowest BCUT2D eigenvalue weighted by Gasteiger charge is -2.34. The van der Waals surface area contributed by atoms with Gasteiger partial charge in [0, 0.05) is 0 Å². The first-order valence-electron chi connectivity index (χ1n) is 8.61. The van der Waals surface area contributed by atoms with E-state index in [0.29, 0.717) is 16.9 Å². The molecule has 1 aliphatic rings. The van der Waals surface area contributed by atoms with Crippen molar-refractivity contribution in [2.75, 3.05) is 5.75 Å². The van der Waals surface area contributed by atoms with Crippen molar-refractivity contribution in [2.24, 2.45) is 5.41 Å². The second kappa shape index (κ2) is 7.72. The summed E-state index contributed by atoms with van der Waals surface area (Å²) in [5.41, 5.74) is 1.94. The SMILES string of the molecule is CC(C=CC1=C(C)C(=O)C(O)CC1(C)C)=CCS(=O)(=O)c1ccccc1. The van der Waals surface area contributed by atoms with E-state index >= 15 is 0 Å². The van der Waals surface area contributed by atoms with E-state index in [1.165, 1.54) is 0 Å². The summed E-state index contributed by atoms with van der Waals surface area (Å²) >= 11 is 0. The minimum atomic E-state index is -3.36. The molecule has 4 nitrogen and oxygen atoms in total. The largest absolute Gasteiger partial charge is 0.385 e. The van der Waals surface area contributed by atoms with Crippen LogP contribution in [0.15, 0.2) is 70.2 Å². The standard InChI is InChI=1S/C21H26O4S/c1-15(12-13-26(24,25)17-8-6-5-7-9-17)10-11-18-16(2)20(23)19(22)14-21(18,3)4/h5-12,19,22H,13-14H2,1-4H3. The van der Waals surface area contributed by atoms with Crippen LogP contribution in [0.5, 0.6) is 0 Å². The Morgan fingerprint density at radius 1 is 1.27 bits per heavy atom. The summed E-state index contributed by atoms with van der Waals surface area (Å²) < 4.78 is 24.7. The summed E-state index contributed by atoms with van der Waals surface area (Å²) in [7, 11) is -3.36. The first-order chi connectivity index (χ1) is 12.0. The van der Waals surface area contributed by atoms with Crippen LogP contribution in [-0.2, 0) is 14.6 Å². The van der Waals surface area contributed by atoms with Crippen molar-refractivity contribution in [3.8, 4) is 0 Å². The molecule has 0 aliphatic heterocycles. The molecule has 1 unspecified atom stereocenters. The van der Waals surface area contributed by atoms with Gasteiger partial charge < -0.3 is 5.11 Å². The van der Waals surface area contributed by atoms with Crippen LogP contribution in [-0.4, -0.2) is 31.2 Å². The fourth-order valence-electron chi connectivity index (χ4n) is 3.17. The van der Waals surface area contributed by atoms with E-state index in [-0.39, 0.29) is 17.0 Å². The van der Waals surface area contributed by atoms with Gasteiger partial charge in [-0.05, 0) is 49.0 Å². The van der Waals surface area contributed by atoms with Crippen molar-refractivity contribution in [1.29, 1.82) is 0 Å². The number of hydrogen-bond donors (Lipinski definition) is 1. The number of allylic oxidation sites excluding steroid dienone is 4. The Balaban J connectivity index is 2.20. The van der Waals surface area contributed by atoms with E-state index in [9.17, 15) is 18.3 Å². The highest BCUT2D eigenvalue weighted by Crippen LogP contribution is 2.39. The Hall–Kier alpha value is -1.98. The average Bonchev–Trinajstić information content (AvgIpc) is 2.58. The lowest BCUT2D eigenvalue weighted by Crippen LogP contribution is -2.35. The topological polar surface area (TPSA) is 71.4 Å². The third-order valence-corrected chi connectivity index (χ3v) is 6.34. The summed E-state index contributed by atoms with van der Waals surface area (Å²) in [6, 6.07) is 8.36. The van der Waals surface area contributed by atoms with Gasteiger partial charge in [-0.3, -0.25) is 4.79 Å². The lowest BCUT2D eigenvalue weighted by atomic mass is 9.71. The summed E-state index contributed by atoms with van der Waals surface area (Å²) in [5.74, 6) is -0.316. The van der Waals surface area contributed by atoms with Crippen molar-refractivity contribution in [2.45, 2.75) is 45.1 Å². The Morgan fingerprint density at radius 3 is 2.50 bits per heavy atom. The molecule has 0 spiro atoms. The number of carbonyl (C=O) groups excluding carboxylic acids is 1. The zero-order valence-electron chi connectivity index (χ0n) is 15.7. The molecule has 0 amide bonds. The monoisotopic (exact) mass is 374 g/mol. The molecule has 140 valence electrons. The Kier molecular flexibility index (Phi) is 6.04. The lowest BCUT2D eigenvalue weighted by molar-refractivity contribution is -0.125. The summed E-state index contributed by atoms with van der Waals surface area (Å²) in [6.07, 6.45) is 4.79. The van der Waals surface area contributed by atoms with E-state index < -0.39 is 15.9 Å². The van der Waals surface area contributed by atoms with Crippen molar-refractivity contribution in [1.82, 2.24) is 0 Å². The minimum Gasteiger partial charge on any atom is -0.385 e. The van der Waals surface area contributed by atoms with Gasteiger partial charge in [0.25, 0.3) is 0 Å². The molecule has 1 aromatic rings. The summed E-state index contributed by atoms with van der Waals surface area (Å²) in [5, 5.41) is 9.88. The van der Waals surface area contributed by atoms with Gasteiger partial charge in [0.1, 0.15) is 6.10 Å². The predicted octanol–water partition coefficient (Wildman–Crippen LogP) is 3.64. The smallest absolute Gasteiger partial charge is 0.187 e. The van der Waals surface area contributed by atoms with Gasteiger partial charge in [-0.25, -0.2) is 8.42 Å². The van der Waals surface area contributed by atoms with Crippen molar-refractivity contribution in [3.05, 3.63) is 65.3 Å². The molecule has 0 bridgehead atoms. The molecule has 1 N–H and O–H groups in total. The van der Waals surface area contributed by atoms with E-state index in [4.69, 9.17) is 0 Å². The molecule has 1 atom stereocenters. The predicted molar refractivity (Wildman–Crippen MR) is 104 cm³/mol. The number of aliphatic hydroxyl groups is 1. The van der Waals surface area contributed by atoms with E-state index in [1.807, 2.05) is 32.9 Å². The highest BCUT2D eigenvalue weighted by Gasteiger charge is 2.36. The molecular weight excluding hydrogens is 348 g/mol. The second-order valence-corrected chi connectivity index (χ2v) is 9.42. The highest BCUT2D eigenvalue weighted by molar-refractivity contribution is 7.91. The number of Topliss-reactive ketones (excluding diaryl/α,β-unsaturated/α-hetero) is 1. The quantitative estimate of drug-likeness (QED) is 0.799. The van der Waals surface area contributed by atoms with Crippen molar-refractivity contribution < 1.29 is 18.3 Å². The fourth-order valence-corrected chi connectivity index (χ4v) is 4.42. The third-order valence-electron chi connectivity index (χ3n) is 4.75. The molecule has 26 heavy (non-hydrogen) atoms. The number of hydrogen-bond acceptors (Lipinski definition) is 4. The zero-order chi connectivity index (χ0) is 19.5. The van der Waals surface area contributed by atoms with Gasteiger partial charge >= 0.3 is 0 Å². The van der Waals surface area contributed by atoms with Gasteiger partial charge in [0.05, 0.1) is 10.6 Å². The van der Waals surface area contributed by atoms with E-state index in [2.05, 4.69) is 0 Å². The Bertz CT molecular complexity index is 872. The fraction of sp³-hybridized carbons (Fsp3) is 0.381. The van der Waals surface area contributed by atoms with Crippen LogP contribution in [0.4, 0.5) is 0 Å². The van der Waals surface area contributed by atoms with Gasteiger partial charge in [0.2, 0.25) is 0 Å².